The molecule has 240 valence electrons. The van der Waals surface area contributed by atoms with Crippen molar-refractivity contribution in [2.24, 2.45) is 34.8 Å². The Morgan fingerprint density at radius 1 is 1.02 bits per heavy atom. The molecule has 0 fully saturated rings. The number of nitrogens with one attached hydrogen (secondary N) is 2. The fraction of sp³-hybridized carbons (Fsp3) is 0.710. The smallest absolute Gasteiger partial charge is 0.404 e. The molecule has 6 N–H and O–H groups in total. The Bertz CT molecular complexity index is 985. The number of benzene rings is 1. The molecule has 0 aliphatic heterocycles. The fourth-order valence-electron chi connectivity index (χ4n) is 4.68. The van der Waals surface area contributed by atoms with Crippen molar-refractivity contribution in [1.82, 2.24) is 10.6 Å². The number of aliphatic hydroxyl groups is 1. The highest BCUT2D eigenvalue weighted by Crippen LogP contribution is 2.32. The van der Waals surface area contributed by atoms with E-state index < -0.39 is 29.4 Å². The summed E-state index contributed by atoms with van der Waals surface area (Å²) in [4.78, 5) is 35.7. The minimum absolute atomic E-state index is 0.0123. The normalized spacial score (nSPS) is 14.5. The molecule has 0 aliphatic rings. The third-order valence-electron chi connectivity index (χ3n) is 7.77. The van der Waals surface area contributed by atoms with Gasteiger partial charge in [0, 0.05) is 39.1 Å². The predicted octanol–water partition coefficient (Wildman–Crippen LogP) is 3.60. The lowest BCUT2D eigenvalue weighted by atomic mass is 9.82. The van der Waals surface area contributed by atoms with Crippen LogP contribution in [0, 0.1) is 29.1 Å². The van der Waals surface area contributed by atoms with Crippen LogP contribution in [-0.4, -0.2) is 74.7 Å². The van der Waals surface area contributed by atoms with E-state index in [1.54, 1.807) is 28.1 Å². The molecule has 1 aromatic rings. The van der Waals surface area contributed by atoms with Crippen LogP contribution in [0.5, 0.6) is 11.5 Å². The number of nitrogens with two attached hydrogens (primary N) is 1. The number of primary amides is 1. The summed E-state index contributed by atoms with van der Waals surface area (Å²) in [5.74, 6) is 0.117. The fourth-order valence-corrected chi connectivity index (χ4v) is 4.68. The number of hydrogen-bond acceptors (Lipinski definition) is 7. The molecule has 1 unspecified atom stereocenters. The second kappa shape index (κ2) is 18.5. The van der Waals surface area contributed by atoms with Gasteiger partial charge in [-0.25, -0.2) is 4.79 Å². The zero-order valence-corrected chi connectivity index (χ0v) is 26.4. The number of carbonyl (C=O) groups is 3. The average Bonchev–Trinajstić information content (AvgIpc) is 2.93. The monoisotopic (exact) mass is 595 g/mol. The van der Waals surface area contributed by atoms with E-state index in [9.17, 15) is 19.5 Å². The highest BCUT2D eigenvalue weighted by molar-refractivity contribution is 5.83. The first-order chi connectivity index (χ1) is 19.7. The average molecular weight is 596 g/mol. The lowest BCUT2D eigenvalue weighted by molar-refractivity contribution is -0.130. The van der Waals surface area contributed by atoms with Gasteiger partial charge in [-0.15, -0.1) is 0 Å². The minimum Gasteiger partial charge on any atom is -0.493 e. The number of aliphatic hydroxyl groups excluding tert-OH is 1. The van der Waals surface area contributed by atoms with Crippen LogP contribution >= 0.6 is 0 Å². The van der Waals surface area contributed by atoms with Gasteiger partial charge in [0.25, 0.3) is 0 Å². The van der Waals surface area contributed by atoms with Gasteiger partial charge in [-0.05, 0) is 75.0 Å². The van der Waals surface area contributed by atoms with Crippen molar-refractivity contribution < 1.29 is 38.8 Å². The van der Waals surface area contributed by atoms with Crippen LogP contribution in [0.25, 0.3) is 0 Å². The zero-order chi connectivity index (χ0) is 31.9. The van der Waals surface area contributed by atoms with Crippen LogP contribution in [0.15, 0.2) is 18.2 Å². The van der Waals surface area contributed by atoms with E-state index in [4.69, 9.17) is 25.1 Å². The molecule has 11 heteroatoms. The van der Waals surface area contributed by atoms with Crippen LogP contribution in [0.1, 0.15) is 65.9 Å². The maximum atomic E-state index is 13.0. The van der Waals surface area contributed by atoms with Crippen LogP contribution in [0.2, 0.25) is 0 Å². The molecule has 42 heavy (non-hydrogen) atoms. The number of amides is 3. The van der Waals surface area contributed by atoms with Gasteiger partial charge in [-0.1, -0.05) is 26.8 Å². The van der Waals surface area contributed by atoms with Crippen molar-refractivity contribution in [2.45, 2.75) is 72.8 Å². The third kappa shape index (κ3) is 13.3. The van der Waals surface area contributed by atoms with E-state index in [-0.39, 0.29) is 43.2 Å². The van der Waals surface area contributed by atoms with Crippen LogP contribution in [-0.2, 0) is 20.7 Å². The van der Waals surface area contributed by atoms with Crippen LogP contribution in [0.3, 0.4) is 0 Å². The van der Waals surface area contributed by atoms with Gasteiger partial charge in [-0.3, -0.25) is 9.59 Å². The molecule has 0 bridgehead atoms. The molecule has 0 radical (unpaired) electrons. The van der Waals surface area contributed by atoms with Crippen molar-refractivity contribution >= 4 is 17.9 Å². The maximum absolute atomic E-state index is 13.0. The Morgan fingerprint density at radius 2 is 1.71 bits per heavy atom. The Hall–Kier alpha value is -3.05. The van der Waals surface area contributed by atoms with E-state index >= 15 is 0 Å². The Morgan fingerprint density at radius 3 is 2.29 bits per heavy atom. The lowest BCUT2D eigenvalue weighted by Crippen LogP contribution is -2.45. The molecule has 0 aromatic heterocycles. The summed E-state index contributed by atoms with van der Waals surface area (Å²) in [5.41, 5.74) is 5.56. The van der Waals surface area contributed by atoms with Gasteiger partial charge in [-0.2, -0.15) is 0 Å². The molecule has 0 saturated carbocycles. The van der Waals surface area contributed by atoms with Crippen LogP contribution in [0.4, 0.5) is 4.79 Å². The zero-order valence-electron chi connectivity index (χ0n) is 26.4. The summed E-state index contributed by atoms with van der Waals surface area (Å²) in [6.07, 6.45) is 0.914. The molecule has 0 heterocycles. The standard InChI is InChI=1S/C31H53N3O8/c1-20(2)25(28(36)34-19-31(4,5)29(32)37)17-24(35)11-10-23(21(3)18-33-30(38)39)15-22-9-12-26(41-7)27(16-22)42-14-8-13-40-6/h9,12,16,20-21,23-25,33,35H,8,10-11,13-15,17-19H2,1-7H3,(H2,32,37)(H,34,36)(H,38,39)/t21?,23-,24-,25-/m0/s1. The summed E-state index contributed by atoms with van der Waals surface area (Å²) < 4.78 is 16.5. The second-order valence-corrected chi connectivity index (χ2v) is 12.1. The van der Waals surface area contributed by atoms with E-state index in [0.717, 1.165) is 12.0 Å². The van der Waals surface area contributed by atoms with Gasteiger partial charge in [0.15, 0.2) is 11.5 Å². The lowest BCUT2D eigenvalue weighted by Gasteiger charge is -2.28. The van der Waals surface area contributed by atoms with Gasteiger partial charge in [0.1, 0.15) is 0 Å². The molecule has 0 spiro atoms. The van der Waals surface area contributed by atoms with E-state index in [2.05, 4.69) is 10.6 Å². The number of carboxylic acid groups (broad SMARTS) is 1. The molecule has 11 nitrogen and oxygen atoms in total. The molecular formula is C31H53N3O8. The predicted molar refractivity (Wildman–Crippen MR) is 162 cm³/mol. The van der Waals surface area contributed by atoms with Crippen molar-refractivity contribution in [2.75, 3.05) is 40.5 Å². The first-order valence-corrected chi connectivity index (χ1v) is 14.7. The Labute approximate surface area is 250 Å². The summed E-state index contributed by atoms with van der Waals surface area (Å²) in [6, 6.07) is 5.77. The van der Waals surface area contributed by atoms with Crippen molar-refractivity contribution in [3.8, 4) is 11.5 Å². The number of ether oxygens (including phenoxy) is 3. The van der Waals surface area contributed by atoms with Crippen molar-refractivity contribution in [3.63, 3.8) is 0 Å². The van der Waals surface area contributed by atoms with Gasteiger partial charge in [0.05, 0.1) is 25.2 Å². The third-order valence-corrected chi connectivity index (χ3v) is 7.77. The van der Waals surface area contributed by atoms with Crippen molar-refractivity contribution in [3.05, 3.63) is 23.8 Å². The first kappa shape index (κ1) is 37.0. The maximum Gasteiger partial charge on any atom is 0.404 e. The van der Waals surface area contributed by atoms with E-state index in [0.29, 0.717) is 44.0 Å². The number of methoxy groups -OCH3 is 2. The van der Waals surface area contributed by atoms with Gasteiger partial charge in [0.2, 0.25) is 11.8 Å². The highest BCUT2D eigenvalue weighted by atomic mass is 16.5. The highest BCUT2D eigenvalue weighted by Gasteiger charge is 2.30. The quantitative estimate of drug-likeness (QED) is 0.134. The molecule has 1 aromatic carbocycles. The summed E-state index contributed by atoms with van der Waals surface area (Å²) in [7, 11) is 3.23. The molecule has 3 amide bonds. The van der Waals surface area contributed by atoms with E-state index in [1.165, 1.54) is 0 Å². The van der Waals surface area contributed by atoms with Crippen LogP contribution < -0.4 is 25.8 Å². The Kier molecular flexibility index (Phi) is 16.3. The summed E-state index contributed by atoms with van der Waals surface area (Å²) >= 11 is 0. The number of carbonyl (C=O) groups excluding carboxylic acids is 2. The van der Waals surface area contributed by atoms with Gasteiger partial charge < -0.3 is 40.8 Å². The first-order valence-electron chi connectivity index (χ1n) is 14.7. The Balaban J connectivity index is 2.96. The van der Waals surface area contributed by atoms with E-state index in [1.807, 2.05) is 39.0 Å². The summed E-state index contributed by atoms with van der Waals surface area (Å²) in [6.45, 7) is 10.7. The summed E-state index contributed by atoms with van der Waals surface area (Å²) in [5, 5.41) is 25.4. The number of hydrogen-bond donors (Lipinski definition) is 5. The largest absolute Gasteiger partial charge is 0.493 e. The molecule has 0 aliphatic carbocycles. The minimum atomic E-state index is -1.08. The molecule has 0 saturated heterocycles. The second-order valence-electron chi connectivity index (χ2n) is 12.1. The molecule has 4 atom stereocenters. The number of rotatable bonds is 21. The topological polar surface area (TPSA) is 169 Å². The van der Waals surface area contributed by atoms with Crippen molar-refractivity contribution in [1.29, 1.82) is 0 Å². The molecular weight excluding hydrogens is 542 g/mol. The van der Waals surface area contributed by atoms with Gasteiger partial charge >= 0.3 is 6.09 Å². The SMILES string of the molecule is COCCCOc1cc(C[C@H](CC[C@H](O)C[C@H](C(=O)NCC(C)(C)C(N)=O)C(C)C)C(C)CNC(=O)O)ccc1OC. The molecule has 1 rings (SSSR count).